The fourth-order valence-corrected chi connectivity index (χ4v) is 3.46. The molecule has 170 valence electrons. The number of ether oxygens (including phenoxy) is 3. The van der Waals surface area contributed by atoms with Crippen molar-refractivity contribution in [3.05, 3.63) is 80.5 Å². The zero-order valence-electron chi connectivity index (χ0n) is 18.3. The summed E-state index contributed by atoms with van der Waals surface area (Å²) in [5.74, 6) is -1.73. The van der Waals surface area contributed by atoms with E-state index >= 15 is 0 Å². The molecule has 0 fully saturated rings. The summed E-state index contributed by atoms with van der Waals surface area (Å²) in [4.78, 5) is 49.6. The summed E-state index contributed by atoms with van der Waals surface area (Å²) in [6.45, 7) is 1.58. The monoisotopic (exact) mass is 452 g/mol. The first-order chi connectivity index (χ1) is 15.7. The minimum absolute atomic E-state index is 0.0101. The van der Waals surface area contributed by atoms with Crippen LogP contribution in [0, 0.1) is 10.1 Å². The van der Waals surface area contributed by atoms with E-state index in [1.54, 1.807) is 19.1 Å². The molecule has 0 atom stereocenters. The molecule has 0 unspecified atom stereocenters. The predicted octanol–water partition coefficient (Wildman–Crippen LogP) is 3.27. The molecular formula is C23H20N2O8. The molecule has 0 aromatic heterocycles. The highest BCUT2D eigenvalue weighted by atomic mass is 16.6. The van der Waals surface area contributed by atoms with Gasteiger partial charge in [0.05, 0.1) is 43.0 Å². The van der Waals surface area contributed by atoms with Crippen molar-refractivity contribution in [3.63, 3.8) is 0 Å². The molecular weight excluding hydrogens is 432 g/mol. The van der Waals surface area contributed by atoms with E-state index in [0.717, 1.165) is 0 Å². The van der Waals surface area contributed by atoms with E-state index in [0.29, 0.717) is 22.5 Å². The van der Waals surface area contributed by atoms with Gasteiger partial charge in [0.1, 0.15) is 0 Å². The maximum Gasteiger partial charge on any atom is 0.340 e. The Balaban J connectivity index is 2.10. The van der Waals surface area contributed by atoms with E-state index in [1.807, 2.05) is 0 Å². The molecule has 33 heavy (non-hydrogen) atoms. The van der Waals surface area contributed by atoms with Gasteiger partial charge >= 0.3 is 17.6 Å². The number of anilines is 1. The van der Waals surface area contributed by atoms with Gasteiger partial charge in [0.2, 0.25) is 0 Å². The second-order valence-electron chi connectivity index (χ2n) is 6.88. The van der Waals surface area contributed by atoms with Crippen LogP contribution in [-0.4, -0.2) is 44.1 Å². The first kappa shape index (κ1) is 23.2. The molecule has 0 aliphatic carbocycles. The SMILES string of the molecule is COC(=O)C1=C(C)N(c2ccc(C(=O)OC)cc2)C(=O)/C1=C\c1ccc(OC)c([N+](=O)[O-])c1. The average Bonchev–Trinajstić information content (AvgIpc) is 3.07. The number of methoxy groups -OCH3 is 3. The maximum absolute atomic E-state index is 13.3. The number of hydrogen-bond donors (Lipinski definition) is 0. The van der Waals surface area contributed by atoms with Crippen molar-refractivity contribution in [1.29, 1.82) is 0 Å². The van der Waals surface area contributed by atoms with Crippen LogP contribution >= 0.6 is 0 Å². The fourth-order valence-electron chi connectivity index (χ4n) is 3.46. The van der Waals surface area contributed by atoms with Gasteiger partial charge in [0.15, 0.2) is 5.75 Å². The highest BCUT2D eigenvalue weighted by Crippen LogP contribution is 2.36. The Bertz CT molecular complexity index is 1210. The van der Waals surface area contributed by atoms with E-state index in [4.69, 9.17) is 9.47 Å². The van der Waals surface area contributed by atoms with Crippen LogP contribution in [0.25, 0.3) is 6.08 Å². The number of carbonyl (C=O) groups is 3. The van der Waals surface area contributed by atoms with Gasteiger partial charge in [-0.05, 0) is 48.9 Å². The van der Waals surface area contributed by atoms with Gasteiger partial charge in [-0.2, -0.15) is 0 Å². The van der Waals surface area contributed by atoms with Gasteiger partial charge in [-0.3, -0.25) is 19.8 Å². The third kappa shape index (κ3) is 4.31. The van der Waals surface area contributed by atoms with Crippen molar-refractivity contribution < 1.29 is 33.5 Å². The lowest BCUT2D eigenvalue weighted by Gasteiger charge is -2.18. The molecule has 0 N–H and O–H groups in total. The molecule has 0 radical (unpaired) electrons. The van der Waals surface area contributed by atoms with Crippen molar-refractivity contribution in [3.8, 4) is 5.75 Å². The molecule has 0 saturated heterocycles. The highest BCUT2D eigenvalue weighted by Gasteiger charge is 2.38. The zero-order chi connectivity index (χ0) is 24.3. The Kier molecular flexibility index (Phi) is 6.57. The molecule has 1 amide bonds. The zero-order valence-corrected chi connectivity index (χ0v) is 18.3. The molecule has 1 aliphatic rings. The summed E-state index contributed by atoms with van der Waals surface area (Å²) in [5, 5.41) is 11.4. The van der Waals surface area contributed by atoms with E-state index in [1.165, 1.54) is 62.6 Å². The predicted molar refractivity (Wildman–Crippen MR) is 118 cm³/mol. The maximum atomic E-state index is 13.3. The molecule has 10 nitrogen and oxygen atoms in total. The van der Waals surface area contributed by atoms with Crippen LogP contribution in [0.5, 0.6) is 5.75 Å². The van der Waals surface area contributed by atoms with Crippen molar-refractivity contribution >= 4 is 35.3 Å². The minimum atomic E-state index is -0.733. The van der Waals surface area contributed by atoms with Crippen LogP contribution in [0.2, 0.25) is 0 Å². The van der Waals surface area contributed by atoms with Crippen LogP contribution in [-0.2, 0) is 19.1 Å². The van der Waals surface area contributed by atoms with Crippen molar-refractivity contribution in [2.24, 2.45) is 0 Å². The highest BCUT2D eigenvalue weighted by molar-refractivity contribution is 6.23. The first-order valence-corrected chi connectivity index (χ1v) is 9.60. The van der Waals surface area contributed by atoms with Crippen LogP contribution < -0.4 is 9.64 Å². The minimum Gasteiger partial charge on any atom is -0.490 e. The summed E-state index contributed by atoms with van der Waals surface area (Å²) in [7, 11) is 3.76. The van der Waals surface area contributed by atoms with Crippen molar-refractivity contribution in [2.75, 3.05) is 26.2 Å². The summed E-state index contributed by atoms with van der Waals surface area (Å²) in [5.41, 5.74) is 1.09. The Morgan fingerprint density at radius 2 is 1.64 bits per heavy atom. The second-order valence-corrected chi connectivity index (χ2v) is 6.88. The number of allylic oxidation sites excluding steroid dienone is 1. The molecule has 1 heterocycles. The number of amides is 1. The summed E-state index contributed by atoms with van der Waals surface area (Å²) in [6.07, 6.45) is 1.38. The Morgan fingerprint density at radius 3 is 2.18 bits per heavy atom. The molecule has 1 aliphatic heterocycles. The molecule has 0 bridgehead atoms. The number of nitro groups is 1. The molecule has 0 saturated carbocycles. The molecule has 2 aromatic carbocycles. The number of esters is 2. The topological polar surface area (TPSA) is 125 Å². The largest absolute Gasteiger partial charge is 0.490 e. The summed E-state index contributed by atoms with van der Waals surface area (Å²) in [6, 6.07) is 10.3. The quantitative estimate of drug-likeness (QED) is 0.283. The molecule has 3 rings (SSSR count). The summed E-state index contributed by atoms with van der Waals surface area (Å²) < 4.78 is 14.5. The van der Waals surface area contributed by atoms with Gasteiger partial charge in [-0.15, -0.1) is 0 Å². The lowest BCUT2D eigenvalue weighted by molar-refractivity contribution is -0.385. The third-order valence-electron chi connectivity index (χ3n) is 5.05. The lowest BCUT2D eigenvalue weighted by atomic mass is 10.0. The molecule has 0 spiro atoms. The van der Waals surface area contributed by atoms with Crippen LogP contribution in [0.1, 0.15) is 22.8 Å². The Hall–Kier alpha value is -4.47. The van der Waals surface area contributed by atoms with Crippen LogP contribution in [0.4, 0.5) is 11.4 Å². The third-order valence-corrected chi connectivity index (χ3v) is 5.05. The van der Waals surface area contributed by atoms with Gasteiger partial charge in [-0.25, -0.2) is 9.59 Å². The van der Waals surface area contributed by atoms with Gasteiger partial charge in [-0.1, -0.05) is 6.07 Å². The van der Waals surface area contributed by atoms with E-state index in [-0.39, 0.29) is 22.6 Å². The smallest absolute Gasteiger partial charge is 0.340 e. The van der Waals surface area contributed by atoms with E-state index in [2.05, 4.69) is 4.74 Å². The number of hydrogen-bond acceptors (Lipinski definition) is 8. The van der Waals surface area contributed by atoms with Crippen LogP contribution in [0.3, 0.4) is 0 Å². The van der Waals surface area contributed by atoms with Gasteiger partial charge in [0.25, 0.3) is 5.91 Å². The van der Waals surface area contributed by atoms with Gasteiger partial charge < -0.3 is 14.2 Å². The van der Waals surface area contributed by atoms with Crippen molar-refractivity contribution in [2.45, 2.75) is 6.92 Å². The number of nitro benzene ring substituents is 1. The van der Waals surface area contributed by atoms with Gasteiger partial charge in [0, 0.05) is 17.5 Å². The molecule has 10 heteroatoms. The number of nitrogens with zero attached hydrogens (tertiary/aromatic N) is 2. The fraction of sp³-hybridized carbons (Fsp3) is 0.174. The molecule has 2 aromatic rings. The van der Waals surface area contributed by atoms with Crippen molar-refractivity contribution in [1.82, 2.24) is 0 Å². The lowest BCUT2D eigenvalue weighted by Crippen LogP contribution is -2.24. The average molecular weight is 452 g/mol. The Morgan fingerprint density at radius 1 is 1.00 bits per heavy atom. The second kappa shape index (κ2) is 9.35. The number of rotatable bonds is 6. The number of carbonyl (C=O) groups excluding carboxylic acids is 3. The summed E-state index contributed by atoms with van der Waals surface area (Å²) >= 11 is 0. The van der Waals surface area contributed by atoms with E-state index < -0.39 is 22.8 Å². The first-order valence-electron chi connectivity index (χ1n) is 9.60. The van der Waals surface area contributed by atoms with E-state index in [9.17, 15) is 24.5 Å². The Labute approximate surface area is 188 Å². The number of benzene rings is 2. The van der Waals surface area contributed by atoms with Crippen LogP contribution in [0.15, 0.2) is 59.3 Å². The normalized spacial score (nSPS) is 14.5. The standard InChI is InChI=1S/C23H20N2O8/c1-13-20(23(28)33-4)17(11-14-5-10-19(31-2)18(12-14)25(29)30)21(26)24(13)16-8-6-15(7-9-16)22(27)32-3/h5-12H,1-4H3/b17-11-.